The van der Waals surface area contributed by atoms with Gasteiger partial charge in [-0.2, -0.15) is 0 Å². The topological polar surface area (TPSA) is 6.48 Å². The quantitative estimate of drug-likeness (QED) is 0.739. The highest BCUT2D eigenvalue weighted by Gasteiger charge is 2.17. The van der Waals surface area contributed by atoms with E-state index in [2.05, 4.69) is 73.4 Å². The van der Waals surface area contributed by atoms with E-state index in [1.807, 2.05) is 12.1 Å². The fraction of sp³-hybridized carbons (Fsp3) is 0.333. The minimum atomic E-state index is 0. The summed E-state index contributed by atoms with van der Waals surface area (Å²) in [7, 11) is 6.38. The second kappa shape index (κ2) is 9.04. The fourth-order valence-electron chi connectivity index (χ4n) is 2.50. The van der Waals surface area contributed by atoms with Crippen LogP contribution in [0.1, 0.15) is 18.0 Å². The molecule has 0 heterocycles. The number of hydrogen-bond acceptors (Lipinski definition) is 2. The van der Waals surface area contributed by atoms with Gasteiger partial charge in [0.25, 0.3) is 0 Å². The lowest BCUT2D eigenvalue weighted by molar-refractivity contribution is 0.379. The van der Waals surface area contributed by atoms with E-state index in [-0.39, 0.29) is 12.4 Å². The lowest BCUT2D eigenvalue weighted by Crippen LogP contribution is -2.27. The van der Waals surface area contributed by atoms with E-state index in [0.717, 1.165) is 18.0 Å². The van der Waals surface area contributed by atoms with Crippen LogP contribution in [-0.4, -0.2) is 32.6 Å². The zero-order valence-electron chi connectivity index (χ0n) is 13.4. The first-order valence-electron chi connectivity index (χ1n) is 7.26. The van der Waals surface area contributed by atoms with Crippen molar-refractivity contribution in [3.63, 3.8) is 0 Å². The molecule has 0 saturated carbocycles. The number of nitrogens with zero attached hydrogens (tertiary/aromatic N) is 2. The number of rotatable bonds is 6. The molecule has 22 heavy (non-hydrogen) atoms. The Morgan fingerprint density at radius 3 is 2.05 bits per heavy atom. The highest BCUT2D eigenvalue weighted by atomic mass is 35.5. The normalized spacial score (nSPS) is 11.9. The minimum Gasteiger partial charge on any atom is -0.367 e. The van der Waals surface area contributed by atoms with Gasteiger partial charge in [-0.1, -0.05) is 41.9 Å². The van der Waals surface area contributed by atoms with Crippen LogP contribution in [0.4, 0.5) is 5.69 Å². The van der Waals surface area contributed by atoms with Crippen molar-refractivity contribution in [2.75, 3.05) is 32.6 Å². The van der Waals surface area contributed by atoms with E-state index in [1.165, 1.54) is 11.3 Å². The van der Waals surface area contributed by atoms with Crippen molar-refractivity contribution < 1.29 is 0 Å². The van der Waals surface area contributed by atoms with E-state index in [4.69, 9.17) is 11.6 Å². The highest BCUT2D eigenvalue weighted by molar-refractivity contribution is 6.30. The molecule has 0 spiro atoms. The van der Waals surface area contributed by atoms with Crippen LogP contribution in [-0.2, 0) is 0 Å². The summed E-state index contributed by atoms with van der Waals surface area (Å²) < 4.78 is 0. The van der Waals surface area contributed by atoms with Gasteiger partial charge in [-0.15, -0.1) is 12.4 Å². The maximum absolute atomic E-state index is 5.99. The van der Waals surface area contributed by atoms with Crippen LogP contribution in [0.3, 0.4) is 0 Å². The van der Waals surface area contributed by atoms with Crippen molar-refractivity contribution in [1.29, 1.82) is 0 Å². The summed E-state index contributed by atoms with van der Waals surface area (Å²) in [5.74, 6) is 0. The SMILES string of the molecule is CN(C)CCC(c1ccccc1)N(C)c1ccc(Cl)cc1.Cl. The van der Waals surface area contributed by atoms with E-state index in [9.17, 15) is 0 Å². The molecular formula is C18H24Cl2N2. The molecular weight excluding hydrogens is 315 g/mol. The van der Waals surface area contributed by atoms with Crippen LogP contribution in [0.2, 0.25) is 5.02 Å². The zero-order chi connectivity index (χ0) is 15.2. The van der Waals surface area contributed by atoms with E-state index in [0.29, 0.717) is 6.04 Å². The fourth-order valence-corrected chi connectivity index (χ4v) is 2.62. The summed E-state index contributed by atoms with van der Waals surface area (Å²) in [6, 6.07) is 19.1. The number of hydrogen-bond donors (Lipinski definition) is 0. The molecule has 4 heteroatoms. The molecule has 1 atom stereocenters. The Morgan fingerprint density at radius 2 is 1.50 bits per heavy atom. The van der Waals surface area contributed by atoms with Crippen molar-refractivity contribution in [3.05, 3.63) is 65.2 Å². The summed E-state index contributed by atoms with van der Waals surface area (Å²) >= 11 is 5.99. The van der Waals surface area contributed by atoms with E-state index >= 15 is 0 Å². The third-order valence-corrected chi connectivity index (χ3v) is 3.99. The standard InChI is InChI=1S/C18H23ClN2.ClH/c1-20(2)14-13-18(15-7-5-4-6-8-15)21(3)17-11-9-16(19)10-12-17;/h4-12,18H,13-14H2,1-3H3;1H. The smallest absolute Gasteiger partial charge is 0.0551 e. The van der Waals surface area contributed by atoms with Gasteiger partial charge in [-0.05, 0) is 56.9 Å². The van der Waals surface area contributed by atoms with Gasteiger partial charge in [0.2, 0.25) is 0 Å². The predicted molar refractivity (Wildman–Crippen MR) is 99.5 cm³/mol. The molecule has 0 amide bonds. The van der Waals surface area contributed by atoms with Gasteiger partial charge in [0.1, 0.15) is 0 Å². The van der Waals surface area contributed by atoms with Crippen LogP contribution >= 0.6 is 24.0 Å². The summed E-state index contributed by atoms with van der Waals surface area (Å²) in [4.78, 5) is 4.56. The van der Waals surface area contributed by atoms with Crippen molar-refractivity contribution >= 4 is 29.7 Å². The van der Waals surface area contributed by atoms with Gasteiger partial charge in [0, 0.05) is 17.8 Å². The van der Waals surface area contributed by atoms with E-state index in [1.54, 1.807) is 0 Å². The molecule has 1 unspecified atom stereocenters. The van der Waals surface area contributed by atoms with Crippen LogP contribution in [0.25, 0.3) is 0 Å². The third-order valence-electron chi connectivity index (χ3n) is 3.74. The van der Waals surface area contributed by atoms with Crippen LogP contribution in [0.5, 0.6) is 0 Å². The molecule has 2 aromatic rings. The Labute approximate surface area is 145 Å². The van der Waals surface area contributed by atoms with Crippen molar-refractivity contribution in [2.24, 2.45) is 0 Å². The predicted octanol–water partition coefficient (Wildman–Crippen LogP) is 4.89. The molecule has 0 fully saturated rings. The lowest BCUT2D eigenvalue weighted by Gasteiger charge is -2.31. The van der Waals surface area contributed by atoms with E-state index < -0.39 is 0 Å². The van der Waals surface area contributed by atoms with Gasteiger partial charge >= 0.3 is 0 Å². The molecule has 2 aromatic carbocycles. The van der Waals surface area contributed by atoms with Crippen molar-refractivity contribution in [3.8, 4) is 0 Å². The third kappa shape index (κ3) is 5.20. The number of anilines is 1. The molecule has 2 nitrogen and oxygen atoms in total. The lowest BCUT2D eigenvalue weighted by atomic mass is 10.0. The zero-order valence-corrected chi connectivity index (χ0v) is 14.9. The van der Waals surface area contributed by atoms with Crippen LogP contribution < -0.4 is 4.90 Å². The second-order valence-corrected chi connectivity index (χ2v) is 6.04. The molecule has 0 N–H and O–H groups in total. The summed E-state index contributed by atoms with van der Waals surface area (Å²) in [5.41, 5.74) is 2.53. The molecule has 120 valence electrons. The molecule has 0 saturated heterocycles. The number of benzene rings is 2. The van der Waals surface area contributed by atoms with Crippen molar-refractivity contribution in [2.45, 2.75) is 12.5 Å². The molecule has 0 bridgehead atoms. The van der Waals surface area contributed by atoms with Gasteiger partial charge in [-0.3, -0.25) is 0 Å². The van der Waals surface area contributed by atoms with Gasteiger partial charge in [0.05, 0.1) is 6.04 Å². The minimum absolute atomic E-state index is 0. The first kappa shape index (κ1) is 18.8. The second-order valence-electron chi connectivity index (χ2n) is 5.61. The maximum Gasteiger partial charge on any atom is 0.0551 e. The summed E-state index contributed by atoms with van der Waals surface area (Å²) in [5, 5.41) is 0.775. The highest BCUT2D eigenvalue weighted by Crippen LogP contribution is 2.29. The average molecular weight is 339 g/mol. The average Bonchev–Trinajstić information content (AvgIpc) is 2.49. The van der Waals surface area contributed by atoms with Gasteiger partial charge in [-0.25, -0.2) is 0 Å². The molecule has 0 aliphatic carbocycles. The van der Waals surface area contributed by atoms with Gasteiger partial charge in [0.15, 0.2) is 0 Å². The van der Waals surface area contributed by atoms with Crippen LogP contribution in [0.15, 0.2) is 54.6 Å². The molecule has 0 aromatic heterocycles. The number of halogens is 2. The molecule has 0 aliphatic heterocycles. The monoisotopic (exact) mass is 338 g/mol. The van der Waals surface area contributed by atoms with Crippen molar-refractivity contribution in [1.82, 2.24) is 4.90 Å². The van der Waals surface area contributed by atoms with Crippen LogP contribution in [0, 0.1) is 0 Å². The first-order chi connectivity index (χ1) is 10.1. The molecule has 2 rings (SSSR count). The van der Waals surface area contributed by atoms with Gasteiger partial charge < -0.3 is 9.80 Å². The Hall–Kier alpha value is -1.22. The Bertz CT molecular complexity index is 541. The maximum atomic E-state index is 5.99. The molecule has 0 aliphatic rings. The Kier molecular flexibility index (Phi) is 7.74. The largest absolute Gasteiger partial charge is 0.367 e. The summed E-state index contributed by atoms with van der Waals surface area (Å²) in [6.07, 6.45) is 1.08. The Balaban J connectivity index is 0.00000242. The summed E-state index contributed by atoms with van der Waals surface area (Å²) in [6.45, 7) is 1.05. The Morgan fingerprint density at radius 1 is 0.909 bits per heavy atom. The first-order valence-corrected chi connectivity index (χ1v) is 7.64. The molecule has 0 radical (unpaired) electrons.